The lowest BCUT2D eigenvalue weighted by Gasteiger charge is -2.29. The van der Waals surface area contributed by atoms with Crippen LogP contribution in [0.15, 0.2) is 18.2 Å². The number of hydrogen-bond donors (Lipinski definition) is 0. The SMILES string of the molecule is Cc1ccc(C(C)C)c(O[C@@H](C)C(=O)N2CCOCC2)c1. The van der Waals surface area contributed by atoms with Crippen LogP contribution in [0.4, 0.5) is 0 Å². The molecule has 0 radical (unpaired) electrons. The van der Waals surface area contributed by atoms with Gasteiger partial charge in [-0.05, 0) is 37.0 Å². The molecule has 21 heavy (non-hydrogen) atoms. The van der Waals surface area contributed by atoms with E-state index in [9.17, 15) is 4.79 Å². The Kier molecular flexibility index (Phi) is 5.23. The standard InChI is InChI=1S/C17H25NO3/c1-12(2)15-6-5-13(3)11-16(15)21-14(4)17(19)18-7-9-20-10-8-18/h5-6,11-12,14H,7-10H2,1-4H3/t14-/m0/s1. The number of nitrogens with zero attached hydrogens (tertiary/aromatic N) is 1. The van der Waals surface area contributed by atoms with Crippen molar-refractivity contribution in [1.82, 2.24) is 4.90 Å². The first kappa shape index (κ1) is 15.8. The summed E-state index contributed by atoms with van der Waals surface area (Å²) in [5.74, 6) is 1.22. The van der Waals surface area contributed by atoms with E-state index in [1.54, 1.807) is 0 Å². The molecule has 0 unspecified atom stereocenters. The highest BCUT2D eigenvalue weighted by Crippen LogP contribution is 2.28. The maximum absolute atomic E-state index is 12.4. The maximum Gasteiger partial charge on any atom is 0.263 e. The van der Waals surface area contributed by atoms with E-state index in [0.717, 1.165) is 16.9 Å². The molecule has 0 saturated carbocycles. The number of rotatable bonds is 4. The zero-order chi connectivity index (χ0) is 15.4. The molecule has 2 rings (SSSR count). The van der Waals surface area contributed by atoms with Gasteiger partial charge in [0, 0.05) is 13.1 Å². The largest absolute Gasteiger partial charge is 0.481 e. The lowest BCUT2D eigenvalue weighted by Crippen LogP contribution is -2.46. The van der Waals surface area contributed by atoms with Gasteiger partial charge in [-0.1, -0.05) is 26.0 Å². The Bertz CT molecular complexity index is 493. The van der Waals surface area contributed by atoms with Crippen LogP contribution in [0.2, 0.25) is 0 Å². The van der Waals surface area contributed by atoms with Crippen LogP contribution in [-0.4, -0.2) is 43.2 Å². The molecule has 1 heterocycles. The molecule has 0 spiro atoms. The van der Waals surface area contributed by atoms with E-state index in [2.05, 4.69) is 26.0 Å². The van der Waals surface area contributed by atoms with Crippen molar-refractivity contribution < 1.29 is 14.3 Å². The van der Waals surface area contributed by atoms with E-state index in [-0.39, 0.29) is 5.91 Å². The van der Waals surface area contributed by atoms with Crippen molar-refractivity contribution in [3.8, 4) is 5.75 Å². The van der Waals surface area contributed by atoms with Crippen molar-refractivity contribution in [3.63, 3.8) is 0 Å². The van der Waals surface area contributed by atoms with E-state index in [1.807, 2.05) is 24.8 Å². The zero-order valence-electron chi connectivity index (χ0n) is 13.4. The topological polar surface area (TPSA) is 38.8 Å². The van der Waals surface area contributed by atoms with Crippen LogP contribution in [0.25, 0.3) is 0 Å². The molecule has 1 aliphatic rings. The summed E-state index contributed by atoms with van der Waals surface area (Å²) in [7, 11) is 0. The van der Waals surface area contributed by atoms with E-state index < -0.39 is 6.10 Å². The van der Waals surface area contributed by atoms with Gasteiger partial charge in [-0.15, -0.1) is 0 Å². The van der Waals surface area contributed by atoms with Gasteiger partial charge in [0.1, 0.15) is 5.75 Å². The first-order valence-corrected chi connectivity index (χ1v) is 7.62. The minimum absolute atomic E-state index is 0.0366. The van der Waals surface area contributed by atoms with Crippen LogP contribution >= 0.6 is 0 Å². The predicted molar refractivity (Wildman–Crippen MR) is 82.8 cm³/mol. The van der Waals surface area contributed by atoms with Gasteiger partial charge in [0.05, 0.1) is 13.2 Å². The lowest BCUT2D eigenvalue weighted by atomic mass is 10.0. The van der Waals surface area contributed by atoms with Crippen LogP contribution in [0.3, 0.4) is 0 Å². The Morgan fingerprint density at radius 1 is 1.24 bits per heavy atom. The second kappa shape index (κ2) is 6.94. The molecule has 1 saturated heterocycles. The third-order valence-corrected chi connectivity index (χ3v) is 3.77. The Morgan fingerprint density at radius 3 is 2.52 bits per heavy atom. The molecule has 0 aliphatic carbocycles. The molecule has 0 N–H and O–H groups in total. The molecule has 4 nitrogen and oxygen atoms in total. The summed E-state index contributed by atoms with van der Waals surface area (Å²) in [6.45, 7) is 10.6. The minimum atomic E-state index is -0.470. The Morgan fingerprint density at radius 2 is 1.90 bits per heavy atom. The second-order valence-electron chi connectivity index (χ2n) is 5.89. The lowest BCUT2D eigenvalue weighted by molar-refractivity contribution is -0.142. The Balaban J connectivity index is 2.09. The predicted octanol–water partition coefficient (Wildman–Crippen LogP) is 2.74. The Labute approximate surface area is 127 Å². The van der Waals surface area contributed by atoms with Crippen molar-refractivity contribution in [3.05, 3.63) is 29.3 Å². The fourth-order valence-corrected chi connectivity index (χ4v) is 2.50. The van der Waals surface area contributed by atoms with Gasteiger partial charge in [-0.25, -0.2) is 0 Å². The first-order chi connectivity index (χ1) is 9.99. The summed E-state index contributed by atoms with van der Waals surface area (Å²) >= 11 is 0. The zero-order valence-corrected chi connectivity index (χ0v) is 13.4. The van der Waals surface area contributed by atoms with Crippen molar-refractivity contribution in [2.24, 2.45) is 0 Å². The summed E-state index contributed by atoms with van der Waals surface area (Å²) in [6.07, 6.45) is -0.470. The fraction of sp³-hybridized carbons (Fsp3) is 0.588. The molecule has 1 atom stereocenters. The summed E-state index contributed by atoms with van der Waals surface area (Å²) in [5.41, 5.74) is 2.28. The minimum Gasteiger partial charge on any atom is -0.481 e. The van der Waals surface area contributed by atoms with Crippen LogP contribution < -0.4 is 4.74 Å². The number of ether oxygens (including phenoxy) is 2. The maximum atomic E-state index is 12.4. The van der Waals surface area contributed by atoms with Gasteiger partial charge in [0.25, 0.3) is 5.91 Å². The normalized spacial score (nSPS) is 16.9. The van der Waals surface area contributed by atoms with Crippen molar-refractivity contribution in [2.45, 2.75) is 39.7 Å². The highest BCUT2D eigenvalue weighted by Gasteiger charge is 2.24. The van der Waals surface area contributed by atoms with E-state index in [4.69, 9.17) is 9.47 Å². The van der Waals surface area contributed by atoms with E-state index in [1.165, 1.54) is 0 Å². The average Bonchev–Trinajstić information content (AvgIpc) is 2.47. The second-order valence-corrected chi connectivity index (χ2v) is 5.89. The van der Waals surface area contributed by atoms with Crippen molar-refractivity contribution in [2.75, 3.05) is 26.3 Å². The summed E-state index contributed by atoms with van der Waals surface area (Å²) in [5, 5.41) is 0. The molecular formula is C17H25NO3. The van der Waals surface area contributed by atoms with Gasteiger partial charge in [0.15, 0.2) is 6.10 Å². The quantitative estimate of drug-likeness (QED) is 0.856. The molecular weight excluding hydrogens is 266 g/mol. The average molecular weight is 291 g/mol. The van der Waals surface area contributed by atoms with Crippen molar-refractivity contribution in [1.29, 1.82) is 0 Å². The van der Waals surface area contributed by atoms with Gasteiger partial charge in [0.2, 0.25) is 0 Å². The third kappa shape index (κ3) is 3.97. The van der Waals surface area contributed by atoms with Crippen LogP contribution in [0, 0.1) is 6.92 Å². The van der Waals surface area contributed by atoms with E-state index in [0.29, 0.717) is 32.2 Å². The molecule has 1 aromatic carbocycles. The molecule has 116 valence electrons. The molecule has 1 fully saturated rings. The third-order valence-electron chi connectivity index (χ3n) is 3.77. The monoisotopic (exact) mass is 291 g/mol. The Hall–Kier alpha value is -1.55. The summed E-state index contributed by atoms with van der Waals surface area (Å²) in [6, 6.07) is 6.18. The number of carbonyl (C=O) groups is 1. The number of aryl methyl sites for hydroxylation is 1. The summed E-state index contributed by atoms with van der Waals surface area (Å²) < 4.78 is 11.3. The number of amides is 1. The van der Waals surface area contributed by atoms with Crippen LogP contribution in [0.1, 0.15) is 37.8 Å². The highest BCUT2D eigenvalue weighted by atomic mass is 16.5. The summed E-state index contributed by atoms with van der Waals surface area (Å²) in [4.78, 5) is 14.2. The molecule has 0 aromatic heterocycles. The first-order valence-electron chi connectivity index (χ1n) is 7.62. The van der Waals surface area contributed by atoms with Crippen LogP contribution in [0.5, 0.6) is 5.75 Å². The molecule has 1 amide bonds. The number of hydrogen-bond acceptors (Lipinski definition) is 3. The van der Waals surface area contributed by atoms with Crippen molar-refractivity contribution >= 4 is 5.91 Å². The number of morpholine rings is 1. The molecule has 1 aliphatic heterocycles. The number of carbonyl (C=O) groups excluding carboxylic acids is 1. The molecule has 0 bridgehead atoms. The number of benzene rings is 1. The van der Waals surface area contributed by atoms with Gasteiger partial charge in [-0.2, -0.15) is 0 Å². The highest BCUT2D eigenvalue weighted by molar-refractivity contribution is 5.81. The fourth-order valence-electron chi connectivity index (χ4n) is 2.50. The van der Waals surface area contributed by atoms with E-state index >= 15 is 0 Å². The molecule has 4 heteroatoms. The van der Waals surface area contributed by atoms with Gasteiger partial charge < -0.3 is 14.4 Å². The van der Waals surface area contributed by atoms with Gasteiger partial charge >= 0.3 is 0 Å². The van der Waals surface area contributed by atoms with Crippen LogP contribution in [-0.2, 0) is 9.53 Å². The van der Waals surface area contributed by atoms with Gasteiger partial charge in [-0.3, -0.25) is 4.79 Å². The smallest absolute Gasteiger partial charge is 0.263 e. The molecule has 1 aromatic rings.